The third kappa shape index (κ3) is 161. The minimum atomic E-state index is 0. The van der Waals surface area contributed by atoms with Crippen molar-refractivity contribution < 1.29 is 0 Å². The van der Waals surface area contributed by atoms with Crippen LogP contribution in [0.2, 0.25) is 0 Å². The van der Waals surface area contributed by atoms with Crippen LogP contribution in [0.25, 0.3) is 0 Å². The molecule has 0 saturated heterocycles. The van der Waals surface area contributed by atoms with Gasteiger partial charge in [0.25, 0.3) is 0 Å². The summed E-state index contributed by atoms with van der Waals surface area (Å²) < 4.78 is 0. The largest absolute Gasteiger partial charge is 0.147 e. The average Bonchev–Trinajstić information content (AvgIpc) is 0.918. The molecule has 0 spiro atoms. The summed E-state index contributed by atoms with van der Waals surface area (Å²) in [5.41, 5.74) is 0. The molecule has 0 bridgehead atoms. The van der Waals surface area contributed by atoms with E-state index in [0.29, 0.717) is 0 Å². The van der Waals surface area contributed by atoms with Crippen LogP contribution in [0.3, 0.4) is 0 Å². The molecule has 0 fully saturated rings. The molecule has 0 aromatic carbocycles. The molecule has 0 saturated carbocycles. The lowest BCUT2D eigenvalue weighted by Gasteiger charge is -1.31. The third-order valence-electron chi connectivity index (χ3n) is 0. The second-order valence-electron chi connectivity index (χ2n) is 0.408. The zero-order chi connectivity index (χ0) is 2.71. The lowest BCUT2D eigenvalue weighted by molar-refractivity contribution is 1.80. The normalized spacial score (nSPS) is 2.17. The topological polar surface area (TPSA) is 0 Å². The quantitative estimate of drug-likeness (QED) is 0.467. The first-order valence-corrected chi connectivity index (χ1v) is 0.986. The fourth-order valence-electron chi connectivity index (χ4n) is 0. The lowest BCUT2D eigenvalue weighted by atomic mass is 10.8. The summed E-state index contributed by atoms with van der Waals surface area (Å²) in [6, 6.07) is 0. The summed E-state index contributed by atoms with van der Waals surface area (Å²) in [6.45, 7) is 5.25. The van der Waals surface area contributed by atoms with Gasteiger partial charge < -0.3 is 0 Å². The Labute approximate surface area is 57.2 Å². The van der Waals surface area contributed by atoms with Gasteiger partial charge in [-0.1, -0.05) is 6.08 Å². The molecule has 0 nitrogen and oxygen atoms in total. The smallest absolute Gasteiger partial charge is 0.0473 e. The predicted molar refractivity (Wildman–Crippen MR) is 37.6 cm³/mol. The van der Waals surface area contributed by atoms with Crippen LogP contribution in [-0.2, 0) is 0 Å². The van der Waals surface area contributed by atoms with Crippen molar-refractivity contribution in [2.45, 2.75) is 6.92 Å². The van der Waals surface area contributed by atoms with Gasteiger partial charge in [0.15, 0.2) is 0 Å². The van der Waals surface area contributed by atoms with Crippen molar-refractivity contribution >= 4 is 37.2 Å². The number of hydrogen-bond donors (Lipinski definition) is 0. The van der Waals surface area contributed by atoms with Gasteiger partial charge in [-0.15, -0.1) is 43.8 Å². The molecule has 0 aromatic rings. The number of hydrogen-bond acceptors (Lipinski definition) is 0. The second-order valence-corrected chi connectivity index (χ2v) is 0.408. The van der Waals surface area contributed by atoms with Crippen LogP contribution < -0.4 is 0 Å². The Morgan fingerprint density at radius 1 is 1.17 bits per heavy atom. The standard InChI is InChI=1S/C3H6.3ClH/c1-3-2;;;/h3H,1H2,2H3;3*1H. The van der Waals surface area contributed by atoms with Crippen molar-refractivity contribution in [3.63, 3.8) is 0 Å². The van der Waals surface area contributed by atoms with Crippen molar-refractivity contribution in [3.05, 3.63) is 12.7 Å². The maximum Gasteiger partial charge on any atom is -0.0473 e. The Morgan fingerprint density at radius 3 is 1.17 bits per heavy atom. The lowest BCUT2D eigenvalue weighted by Crippen LogP contribution is -1.07. The van der Waals surface area contributed by atoms with Crippen molar-refractivity contribution in [3.8, 4) is 0 Å². The van der Waals surface area contributed by atoms with Crippen molar-refractivity contribution in [1.82, 2.24) is 0 Å². The van der Waals surface area contributed by atoms with Crippen LogP contribution in [-0.4, -0.2) is 0 Å². The molecule has 0 amide bonds. The van der Waals surface area contributed by atoms with E-state index in [-0.39, 0.29) is 37.2 Å². The van der Waals surface area contributed by atoms with Gasteiger partial charge in [-0.05, 0) is 6.92 Å². The average molecular weight is 151 g/mol. The van der Waals surface area contributed by atoms with Crippen LogP contribution in [0, 0.1) is 0 Å². The highest BCUT2D eigenvalue weighted by atomic mass is 35.5. The van der Waals surface area contributed by atoms with Gasteiger partial charge in [0.1, 0.15) is 0 Å². The van der Waals surface area contributed by atoms with Crippen molar-refractivity contribution in [1.29, 1.82) is 0 Å². The first-order valence-electron chi connectivity index (χ1n) is 0.986. The highest BCUT2D eigenvalue weighted by Gasteiger charge is 1.15. The molecular weight excluding hydrogens is 142 g/mol. The van der Waals surface area contributed by atoms with E-state index in [1.807, 2.05) is 6.92 Å². The van der Waals surface area contributed by atoms with E-state index in [1.165, 1.54) is 0 Å². The molecule has 0 radical (unpaired) electrons. The molecule has 6 heavy (non-hydrogen) atoms. The Bertz CT molecular complexity index is 13.5. The molecule has 0 aliphatic heterocycles. The molecule has 0 atom stereocenters. The minimum absolute atomic E-state index is 0. The van der Waals surface area contributed by atoms with Crippen LogP contribution in [0.15, 0.2) is 12.7 Å². The van der Waals surface area contributed by atoms with Crippen LogP contribution in [0.1, 0.15) is 6.92 Å². The zero-order valence-corrected chi connectivity index (χ0v) is 5.96. The Hall–Kier alpha value is 0.610. The highest BCUT2D eigenvalue weighted by Crippen LogP contribution is 1.38. The van der Waals surface area contributed by atoms with E-state index in [4.69, 9.17) is 0 Å². The molecule has 42 valence electrons. The first kappa shape index (κ1) is 30.5. The van der Waals surface area contributed by atoms with Gasteiger partial charge >= 0.3 is 0 Å². The molecule has 0 aromatic heterocycles. The summed E-state index contributed by atoms with van der Waals surface area (Å²) in [5, 5.41) is 0. The monoisotopic (exact) mass is 150 g/mol. The van der Waals surface area contributed by atoms with Crippen molar-refractivity contribution in [2.24, 2.45) is 0 Å². The maximum absolute atomic E-state index is 3.36. The van der Waals surface area contributed by atoms with E-state index >= 15 is 0 Å². The predicted octanol–water partition coefficient (Wildman–Crippen LogP) is 2.46. The van der Waals surface area contributed by atoms with E-state index in [0.717, 1.165) is 0 Å². The van der Waals surface area contributed by atoms with Crippen LogP contribution in [0.5, 0.6) is 0 Å². The van der Waals surface area contributed by atoms with Crippen LogP contribution in [0.4, 0.5) is 0 Å². The fourth-order valence-corrected chi connectivity index (χ4v) is 0. The van der Waals surface area contributed by atoms with E-state index in [9.17, 15) is 0 Å². The van der Waals surface area contributed by atoms with Crippen LogP contribution >= 0.6 is 37.2 Å². The second kappa shape index (κ2) is 46.0. The third-order valence-corrected chi connectivity index (χ3v) is 0. The molecule has 0 rings (SSSR count). The fraction of sp³-hybridized carbons (Fsp3) is 0.333. The molecule has 0 heterocycles. The van der Waals surface area contributed by atoms with Gasteiger partial charge in [-0.2, -0.15) is 0 Å². The van der Waals surface area contributed by atoms with Gasteiger partial charge in [-0.25, -0.2) is 0 Å². The summed E-state index contributed by atoms with van der Waals surface area (Å²) in [4.78, 5) is 0. The summed E-state index contributed by atoms with van der Waals surface area (Å²) >= 11 is 0. The van der Waals surface area contributed by atoms with E-state index in [1.54, 1.807) is 6.08 Å². The number of halogens is 3. The Kier molecular flexibility index (Phi) is 234. The maximum atomic E-state index is 3.36. The molecule has 0 aliphatic rings. The number of rotatable bonds is 0. The SMILES string of the molecule is C=CC.Cl.Cl.Cl. The zero-order valence-electron chi connectivity index (χ0n) is 3.51. The van der Waals surface area contributed by atoms with E-state index < -0.39 is 0 Å². The number of allylic oxidation sites excluding steroid dienone is 1. The van der Waals surface area contributed by atoms with Gasteiger partial charge in [-0.3, -0.25) is 0 Å². The van der Waals surface area contributed by atoms with Crippen molar-refractivity contribution in [2.75, 3.05) is 0 Å². The summed E-state index contributed by atoms with van der Waals surface area (Å²) in [6.07, 6.45) is 1.75. The summed E-state index contributed by atoms with van der Waals surface area (Å²) in [5.74, 6) is 0. The van der Waals surface area contributed by atoms with Gasteiger partial charge in [0, 0.05) is 0 Å². The molecular formula is C3H9Cl3. The minimum Gasteiger partial charge on any atom is -0.147 e. The molecule has 0 N–H and O–H groups in total. The Balaban J connectivity index is -0.00000000667. The molecule has 0 aliphatic carbocycles. The highest BCUT2D eigenvalue weighted by molar-refractivity contribution is 5.86. The molecule has 3 heteroatoms. The van der Waals surface area contributed by atoms with Gasteiger partial charge in [0.05, 0.1) is 0 Å². The first-order chi connectivity index (χ1) is 1.41. The van der Waals surface area contributed by atoms with Gasteiger partial charge in [0.2, 0.25) is 0 Å². The summed E-state index contributed by atoms with van der Waals surface area (Å²) in [7, 11) is 0. The Morgan fingerprint density at radius 2 is 1.17 bits per heavy atom. The van der Waals surface area contributed by atoms with E-state index in [2.05, 4.69) is 6.58 Å². The molecule has 0 unspecified atom stereocenters.